The van der Waals surface area contributed by atoms with Crippen molar-refractivity contribution in [3.8, 4) is 11.4 Å². The minimum Gasteiger partial charge on any atom is -0.339 e. The molecule has 3 rings (SSSR count). The molecule has 0 aliphatic heterocycles. The van der Waals surface area contributed by atoms with Crippen LogP contribution in [0.25, 0.3) is 11.4 Å². The molecule has 5 heteroatoms. The summed E-state index contributed by atoms with van der Waals surface area (Å²) < 4.78 is 5.14. The number of rotatable bonds is 4. The summed E-state index contributed by atoms with van der Waals surface area (Å²) in [4.78, 5) is 16.8. The van der Waals surface area contributed by atoms with E-state index in [9.17, 15) is 4.79 Å². The van der Waals surface area contributed by atoms with Crippen molar-refractivity contribution in [1.29, 1.82) is 0 Å². The third-order valence-electron chi connectivity index (χ3n) is 3.78. The average Bonchev–Trinajstić information content (AvgIpc) is 3.04. The smallest absolute Gasteiger partial charge is 0.255 e. The van der Waals surface area contributed by atoms with Gasteiger partial charge in [0.2, 0.25) is 11.7 Å². The number of nitrogens with zero attached hydrogens (tertiary/aromatic N) is 2. The highest BCUT2D eigenvalue weighted by molar-refractivity contribution is 6.05. The maximum Gasteiger partial charge on any atom is 0.255 e. The van der Waals surface area contributed by atoms with Crippen molar-refractivity contribution in [3.63, 3.8) is 0 Å². The van der Waals surface area contributed by atoms with Crippen LogP contribution in [0.2, 0.25) is 0 Å². The normalized spacial score (nSPS) is 10.6. The highest BCUT2D eigenvalue weighted by Crippen LogP contribution is 2.21. The Morgan fingerprint density at radius 3 is 2.71 bits per heavy atom. The van der Waals surface area contributed by atoms with Gasteiger partial charge in [-0.2, -0.15) is 4.98 Å². The minimum atomic E-state index is -0.132. The Hall–Kier alpha value is -2.95. The van der Waals surface area contributed by atoms with Crippen molar-refractivity contribution in [3.05, 3.63) is 65.0 Å². The second-order valence-corrected chi connectivity index (χ2v) is 5.72. The molecule has 0 atom stereocenters. The maximum absolute atomic E-state index is 12.5. The number of nitrogens with one attached hydrogen (secondary N) is 1. The lowest BCUT2D eigenvalue weighted by molar-refractivity contribution is 0.102. The van der Waals surface area contributed by atoms with Crippen LogP contribution in [0.3, 0.4) is 0 Å². The van der Waals surface area contributed by atoms with Gasteiger partial charge >= 0.3 is 0 Å². The SMILES string of the molecule is CCc1nc(-c2cccc(NC(=O)c3ccc(C)cc3C)c2)no1. The monoisotopic (exact) mass is 321 g/mol. The molecule has 5 nitrogen and oxygen atoms in total. The topological polar surface area (TPSA) is 68.0 Å². The van der Waals surface area contributed by atoms with E-state index >= 15 is 0 Å². The minimum absolute atomic E-state index is 0.132. The Balaban J connectivity index is 1.82. The highest BCUT2D eigenvalue weighted by Gasteiger charge is 2.11. The molecule has 0 saturated heterocycles. The van der Waals surface area contributed by atoms with Gasteiger partial charge in [0.05, 0.1) is 0 Å². The standard InChI is InChI=1S/C19H19N3O2/c1-4-17-21-18(22-24-17)14-6-5-7-15(11-14)20-19(23)16-9-8-12(2)10-13(16)3/h5-11H,4H2,1-3H3,(H,20,23). The van der Waals surface area contributed by atoms with E-state index in [1.54, 1.807) is 0 Å². The van der Waals surface area contributed by atoms with Crippen molar-refractivity contribution in [2.24, 2.45) is 0 Å². The van der Waals surface area contributed by atoms with Gasteiger partial charge in [-0.15, -0.1) is 0 Å². The second-order valence-electron chi connectivity index (χ2n) is 5.72. The van der Waals surface area contributed by atoms with Gasteiger partial charge in [-0.05, 0) is 37.6 Å². The van der Waals surface area contributed by atoms with Crippen LogP contribution >= 0.6 is 0 Å². The van der Waals surface area contributed by atoms with E-state index in [1.165, 1.54) is 0 Å². The maximum atomic E-state index is 12.5. The van der Waals surface area contributed by atoms with Gasteiger partial charge < -0.3 is 9.84 Å². The van der Waals surface area contributed by atoms with E-state index in [0.29, 0.717) is 29.4 Å². The van der Waals surface area contributed by atoms with Gasteiger partial charge in [0.1, 0.15) is 0 Å². The third kappa shape index (κ3) is 3.35. The lowest BCUT2D eigenvalue weighted by atomic mass is 10.1. The molecule has 24 heavy (non-hydrogen) atoms. The van der Waals surface area contributed by atoms with Crippen molar-refractivity contribution in [2.45, 2.75) is 27.2 Å². The largest absolute Gasteiger partial charge is 0.339 e. The zero-order valence-electron chi connectivity index (χ0n) is 14.0. The van der Waals surface area contributed by atoms with E-state index in [0.717, 1.165) is 16.7 Å². The van der Waals surface area contributed by atoms with E-state index in [2.05, 4.69) is 15.5 Å². The fourth-order valence-corrected chi connectivity index (χ4v) is 2.52. The van der Waals surface area contributed by atoms with Gasteiger partial charge in [-0.25, -0.2) is 0 Å². The van der Waals surface area contributed by atoms with Gasteiger partial charge in [0.25, 0.3) is 5.91 Å². The molecule has 0 radical (unpaired) electrons. The van der Waals surface area contributed by atoms with Crippen LogP contribution in [0, 0.1) is 13.8 Å². The Labute approximate surface area is 140 Å². The van der Waals surface area contributed by atoms with Gasteiger partial charge in [0, 0.05) is 23.2 Å². The molecule has 1 aromatic heterocycles. The quantitative estimate of drug-likeness (QED) is 0.783. The number of hydrogen-bond acceptors (Lipinski definition) is 4. The first-order valence-electron chi connectivity index (χ1n) is 7.88. The van der Waals surface area contributed by atoms with Gasteiger partial charge in [-0.1, -0.05) is 41.9 Å². The van der Waals surface area contributed by atoms with Gasteiger partial charge in [0.15, 0.2) is 0 Å². The Kier molecular flexibility index (Phi) is 4.42. The number of aryl methyl sites for hydroxylation is 3. The van der Waals surface area contributed by atoms with Crippen LogP contribution < -0.4 is 5.32 Å². The van der Waals surface area contributed by atoms with Gasteiger partial charge in [-0.3, -0.25) is 4.79 Å². The number of hydrogen-bond donors (Lipinski definition) is 1. The molecule has 0 unspecified atom stereocenters. The predicted molar refractivity (Wildman–Crippen MR) is 93.0 cm³/mol. The van der Waals surface area contributed by atoms with Crippen LogP contribution in [0.4, 0.5) is 5.69 Å². The fourth-order valence-electron chi connectivity index (χ4n) is 2.52. The van der Waals surface area contributed by atoms with E-state index in [4.69, 9.17) is 4.52 Å². The first-order valence-corrected chi connectivity index (χ1v) is 7.88. The first-order chi connectivity index (χ1) is 11.6. The molecule has 1 N–H and O–H groups in total. The molecule has 2 aromatic carbocycles. The average molecular weight is 321 g/mol. The van der Waals surface area contributed by atoms with Crippen molar-refractivity contribution in [1.82, 2.24) is 10.1 Å². The summed E-state index contributed by atoms with van der Waals surface area (Å²) in [5.41, 5.74) is 4.25. The molecule has 122 valence electrons. The lowest BCUT2D eigenvalue weighted by Crippen LogP contribution is -2.13. The number of benzene rings is 2. The highest BCUT2D eigenvalue weighted by atomic mass is 16.5. The number of carbonyl (C=O) groups excluding carboxylic acids is 1. The molecular weight excluding hydrogens is 302 g/mol. The molecule has 3 aromatic rings. The van der Waals surface area contributed by atoms with Crippen molar-refractivity contribution in [2.75, 3.05) is 5.32 Å². The molecular formula is C19H19N3O2. The second kappa shape index (κ2) is 6.66. The molecule has 1 heterocycles. The molecule has 0 saturated carbocycles. The molecule has 0 aliphatic carbocycles. The van der Waals surface area contributed by atoms with Crippen molar-refractivity contribution < 1.29 is 9.32 Å². The van der Waals surface area contributed by atoms with E-state index in [1.807, 2.05) is 63.2 Å². The predicted octanol–water partition coefficient (Wildman–Crippen LogP) is 4.17. The van der Waals surface area contributed by atoms with Crippen LogP contribution in [0.5, 0.6) is 0 Å². The fraction of sp³-hybridized carbons (Fsp3) is 0.211. The van der Waals surface area contributed by atoms with E-state index in [-0.39, 0.29) is 5.91 Å². The van der Waals surface area contributed by atoms with Crippen LogP contribution in [0.1, 0.15) is 34.3 Å². The zero-order valence-corrected chi connectivity index (χ0v) is 14.0. The van der Waals surface area contributed by atoms with E-state index < -0.39 is 0 Å². The molecule has 1 amide bonds. The summed E-state index contributed by atoms with van der Waals surface area (Å²) in [7, 11) is 0. The van der Waals surface area contributed by atoms with Crippen LogP contribution in [0.15, 0.2) is 47.0 Å². The molecule has 0 bridgehead atoms. The molecule has 0 aliphatic rings. The number of anilines is 1. The lowest BCUT2D eigenvalue weighted by Gasteiger charge is -2.09. The number of aromatic nitrogens is 2. The molecule has 0 fully saturated rings. The summed E-state index contributed by atoms with van der Waals surface area (Å²) in [6, 6.07) is 13.2. The summed E-state index contributed by atoms with van der Waals surface area (Å²) in [5.74, 6) is 0.983. The van der Waals surface area contributed by atoms with Crippen LogP contribution in [-0.4, -0.2) is 16.0 Å². The summed E-state index contributed by atoms with van der Waals surface area (Å²) in [6.45, 7) is 5.90. The Morgan fingerprint density at radius 2 is 2.00 bits per heavy atom. The summed E-state index contributed by atoms with van der Waals surface area (Å²) in [6.07, 6.45) is 0.691. The summed E-state index contributed by atoms with van der Waals surface area (Å²) in [5, 5.41) is 6.89. The number of amides is 1. The van der Waals surface area contributed by atoms with Crippen LogP contribution in [-0.2, 0) is 6.42 Å². The first kappa shape index (κ1) is 15.9. The Morgan fingerprint density at radius 1 is 1.17 bits per heavy atom. The Bertz CT molecular complexity index is 884. The third-order valence-corrected chi connectivity index (χ3v) is 3.78. The zero-order chi connectivity index (χ0) is 17.1. The summed E-state index contributed by atoms with van der Waals surface area (Å²) >= 11 is 0. The number of carbonyl (C=O) groups is 1. The molecule has 0 spiro atoms. The van der Waals surface area contributed by atoms with Crippen molar-refractivity contribution >= 4 is 11.6 Å².